The first-order valence-electron chi connectivity index (χ1n) is 6.40. The van der Waals surface area contributed by atoms with Gasteiger partial charge in [0.05, 0.1) is 19.2 Å². The highest BCUT2D eigenvalue weighted by Crippen LogP contribution is 2.24. The molecule has 1 aliphatic heterocycles. The number of ether oxygens (including phenoxy) is 1. The Morgan fingerprint density at radius 2 is 2.30 bits per heavy atom. The van der Waals surface area contributed by atoms with Gasteiger partial charge in [-0.15, -0.1) is 0 Å². The summed E-state index contributed by atoms with van der Waals surface area (Å²) in [6.45, 7) is 4.17. The summed E-state index contributed by atoms with van der Waals surface area (Å²) in [5.74, 6) is -0.381. The van der Waals surface area contributed by atoms with E-state index in [-0.39, 0.29) is 12.5 Å². The van der Waals surface area contributed by atoms with E-state index in [9.17, 15) is 13.2 Å². The highest BCUT2D eigenvalue weighted by Gasteiger charge is 2.23. The Morgan fingerprint density at radius 1 is 1.55 bits per heavy atom. The zero-order chi connectivity index (χ0) is 14.8. The molecule has 0 atom stereocenters. The first kappa shape index (κ1) is 14.8. The van der Waals surface area contributed by atoms with Crippen molar-refractivity contribution in [2.45, 2.75) is 32.4 Å². The number of hydrogen-bond donors (Lipinski definition) is 1. The predicted molar refractivity (Wildman–Crippen MR) is 74.7 cm³/mol. The van der Waals surface area contributed by atoms with Crippen LogP contribution in [0.25, 0.3) is 0 Å². The molecule has 6 nitrogen and oxygen atoms in total. The molecular formula is C13H18N2O4S. The first-order valence-corrected chi connectivity index (χ1v) is 7.95. The van der Waals surface area contributed by atoms with Gasteiger partial charge in [0, 0.05) is 23.3 Å². The van der Waals surface area contributed by atoms with Crippen LogP contribution >= 0.6 is 0 Å². The van der Waals surface area contributed by atoms with Gasteiger partial charge in [0.2, 0.25) is 10.0 Å². The molecule has 0 saturated heterocycles. The molecular weight excluding hydrogens is 280 g/mol. The average Bonchev–Trinajstić information content (AvgIpc) is 2.83. The zero-order valence-electron chi connectivity index (χ0n) is 11.4. The summed E-state index contributed by atoms with van der Waals surface area (Å²) in [5.41, 5.74) is 2.22. The fourth-order valence-electron chi connectivity index (χ4n) is 2.42. The van der Waals surface area contributed by atoms with Crippen molar-refractivity contribution >= 4 is 16.0 Å². The molecule has 2 heterocycles. The van der Waals surface area contributed by atoms with Gasteiger partial charge in [-0.2, -0.15) is 0 Å². The van der Waals surface area contributed by atoms with Crippen molar-refractivity contribution in [2.75, 3.05) is 7.11 Å². The molecule has 1 aromatic rings. The second-order valence-corrected chi connectivity index (χ2v) is 6.34. The summed E-state index contributed by atoms with van der Waals surface area (Å²) in [6.07, 6.45) is 2.84. The van der Waals surface area contributed by atoms with E-state index in [1.807, 2.05) is 4.57 Å². The highest BCUT2D eigenvalue weighted by atomic mass is 32.2. The lowest BCUT2D eigenvalue weighted by Crippen LogP contribution is -2.23. The summed E-state index contributed by atoms with van der Waals surface area (Å²) in [6, 6.07) is 1.71. The monoisotopic (exact) mass is 298 g/mol. The maximum absolute atomic E-state index is 11.8. The Labute approximate surface area is 118 Å². The molecule has 110 valence electrons. The Kier molecular flexibility index (Phi) is 4.29. The highest BCUT2D eigenvalue weighted by molar-refractivity contribution is 7.92. The number of carbonyl (C=O) groups is 1. The van der Waals surface area contributed by atoms with Gasteiger partial charge in [-0.05, 0) is 25.3 Å². The SMILES string of the molecule is C=CS(=O)(=O)NCc1cc(C(=O)OC)c2n1CCCC2. The van der Waals surface area contributed by atoms with Crippen molar-refractivity contribution in [1.29, 1.82) is 0 Å². The van der Waals surface area contributed by atoms with Gasteiger partial charge in [0.15, 0.2) is 0 Å². The van der Waals surface area contributed by atoms with E-state index in [0.29, 0.717) is 5.56 Å². The van der Waals surface area contributed by atoms with Crippen LogP contribution in [0.4, 0.5) is 0 Å². The van der Waals surface area contributed by atoms with E-state index >= 15 is 0 Å². The Bertz CT molecular complexity index is 631. The Morgan fingerprint density at radius 3 is 2.95 bits per heavy atom. The molecule has 1 N–H and O–H groups in total. The van der Waals surface area contributed by atoms with Crippen molar-refractivity contribution in [3.05, 3.63) is 35.0 Å². The molecule has 0 unspecified atom stereocenters. The van der Waals surface area contributed by atoms with Gasteiger partial charge in [0.25, 0.3) is 0 Å². The van der Waals surface area contributed by atoms with Crippen molar-refractivity contribution in [3.63, 3.8) is 0 Å². The molecule has 0 fully saturated rings. The van der Waals surface area contributed by atoms with Crippen LogP contribution in [0, 0.1) is 0 Å². The van der Waals surface area contributed by atoms with Gasteiger partial charge < -0.3 is 9.30 Å². The maximum atomic E-state index is 11.8. The number of sulfonamides is 1. The summed E-state index contributed by atoms with van der Waals surface area (Å²) in [5, 5.41) is 0.869. The summed E-state index contributed by atoms with van der Waals surface area (Å²) < 4.78 is 32.0. The third-order valence-corrected chi connectivity index (χ3v) is 4.40. The molecule has 0 aromatic carbocycles. The summed E-state index contributed by atoms with van der Waals surface area (Å²) >= 11 is 0. The van der Waals surface area contributed by atoms with Gasteiger partial charge >= 0.3 is 5.97 Å². The smallest absolute Gasteiger partial charge is 0.339 e. The van der Waals surface area contributed by atoms with Crippen LogP contribution in [-0.4, -0.2) is 26.1 Å². The number of methoxy groups -OCH3 is 1. The minimum Gasteiger partial charge on any atom is -0.465 e. The second kappa shape index (κ2) is 5.80. The van der Waals surface area contributed by atoms with E-state index in [4.69, 9.17) is 4.74 Å². The number of esters is 1. The topological polar surface area (TPSA) is 77.4 Å². The number of hydrogen-bond acceptors (Lipinski definition) is 4. The molecule has 2 rings (SSSR count). The molecule has 20 heavy (non-hydrogen) atoms. The molecule has 7 heteroatoms. The Balaban J connectivity index is 2.31. The van der Waals surface area contributed by atoms with Crippen LogP contribution in [-0.2, 0) is 34.3 Å². The minimum atomic E-state index is -3.48. The number of rotatable bonds is 5. The first-order chi connectivity index (χ1) is 9.48. The quantitative estimate of drug-likeness (QED) is 0.828. The van der Waals surface area contributed by atoms with Gasteiger partial charge in [0.1, 0.15) is 0 Å². The molecule has 1 aliphatic rings. The number of nitrogens with zero attached hydrogens (tertiary/aromatic N) is 1. The van der Waals surface area contributed by atoms with Crippen molar-refractivity contribution in [1.82, 2.24) is 9.29 Å². The van der Waals surface area contributed by atoms with Crippen molar-refractivity contribution in [2.24, 2.45) is 0 Å². The fourth-order valence-corrected chi connectivity index (χ4v) is 2.89. The van der Waals surface area contributed by atoms with E-state index in [1.54, 1.807) is 6.07 Å². The van der Waals surface area contributed by atoms with Crippen molar-refractivity contribution in [3.8, 4) is 0 Å². The number of carbonyl (C=O) groups excluding carboxylic acids is 1. The number of fused-ring (bicyclic) bond motifs is 1. The summed E-state index contributed by atoms with van der Waals surface area (Å²) in [4.78, 5) is 11.8. The summed E-state index contributed by atoms with van der Waals surface area (Å²) in [7, 11) is -2.13. The van der Waals surface area contributed by atoms with E-state index in [2.05, 4.69) is 11.3 Å². The van der Waals surface area contributed by atoms with Gasteiger partial charge in [-0.25, -0.2) is 17.9 Å². The van der Waals surface area contributed by atoms with E-state index < -0.39 is 10.0 Å². The third kappa shape index (κ3) is 2.94. The maximum Gasteiger partial charge on any atom is 0.339 e. The average molecular weight is 298 g/mol. The predicted octanol–water partition coefficient (Wildman–Crippen LogP) is 1.17. The third-order valence-electron chi connectivity index (χ3n) is 3.42. The lowest BCUT2D eigenvalue weighted by Gasteiger charge is -2.18. The number of nitrogens with one attached hydrogen (secondary N) is 1. The normalized spacial score (nSPS) is 14.7. The molecule has 0 bridgehead atoms. The zero-order valence-corrected chi connectivity index (χ0v) is 12.2. The van der Waals surface area contributed by atoms with Crippen LogP contribution in [0.1, 0.15) is 34.6 Å². The minimum absolute atomic E-state index is 0.137. The van der Waals surface area contributed by atoms with Crippen LogP contribution in [0.15, 0.2) is 18.1 Å². The van der Waals surface area contributed by atoms with Crippen LogP contribution in [0.5, 0.6) is 0 Å². The fraction of sp³-hybridized carbons (Fsp3) is 0.462. The largest absolute Gasteiger partial charge is 0.465 e. The molecule has 0 aliphatic carbocycles. The Hall–Kier alpha value is -1.60. The van der Waals surface area contributed by atoms with Crippen LogP contribution in [0.3, 0.4) is 0 Å². The van der Waals surface area contributed by atoms with Crippen LogP contribution in [0.2, 0.25) is 0 Å². The van der Waals surface area contributed by atoms with Gasteiger partial charge in [-0.1, -0.05) is 6.58 Å². The van der Waals surface area contributed by atoms with E-state index in [1.165, 1.54) is 7.11 Å². The lowest BCUT2D eigenvalue weighted by atomic mass is 10.1. The molecule has 0 spiro atoms. The molecule has 0 saturated carbocycles. The van der Waals surface area contributed by atoms with Crippen LogP contribution < -0.4 is 4.72 Å². The van der Waals surface area contributed by atoms with Crippen molar-refractivity contribution < 1.29 is 17.9 Å². The molecule has 0 amide bonds. The lowest BCUT2D eigenvalue weighted by molar-refractivity contribution is 0.0599. The standard InChI is InChI=1S/C13H18N2O4S/c1-3-20(17,18)14-9-10-8-11(13(16)19-2)12-6-4-5-7-15(10)12/h3,8,14H,1,4-7,9H2,2H3. The molecule has 1 aromatic heterocycles. The van der Waals surface area contributed by atoms with E-state index in [0.717, 1.165) is 42.6 Å². The van der Waals surface area contributed by atoms with Gasteiger partial charge in [-0.3, -0.25) is 0 Å². The second-order valence-electron chi connectivity index (χ2n) is 4.63. The number of aromatic nitrogens is 1. The molecule has 0 radical (unpaired) electrons.